The van der Waals surface area contributed by atoms with Gasteiger partial charge in [0.2, 0.25) is 0 Å². The lowest BCUT2D eigenvalue weighted by Crippen LogP contribution is -1.97. The highest BCUT2D eigenvalue weighted by Crippen LogP contribution is 2.21. The van der Waals surface area contributed by atoms with Crippen molar-refractivity contribution in [3.8, 4) is 17.6 Å². The van der Waals surface area contributed by atoms with Crippen molar-refractivity contribution in [3.63, 3.8) is 0 Å². The molecule has 2 rings (SSSR count). The van der Waals surface area contributed by atoms with E-state index < -0.39 is 4.92 Å². The first-order valence-corrected chi connectivity index (χ1v) is 7.00. The molecule has 0 aromatic heterocycles. The van der Waals surface area contributed by atoms with Crippen molar-refractivity contribution in [2.75, 3.05) is 6.61 Å². The van der Waals surface area contributed by atoms with Crippen LogP contribution in [-0.4, -0.2) is 17.8 Å². The Kier molecular flexibility index (Phi) is 5.28. The first-order valence-electron chi connectivity index (χ1n) is 6.21. The molecular weight excluding hydrogens is 350 g/mol. The standard InChI is InChI=1S/C16H10BrNO4/c17-14-6-7-16(13(10-14)11-19)22-8-2-4-12-3-1-5-15(9-12)18(20)21/h1,3,5-7,9-11H,8H2. The number of non-ortho nitro benzene ring substituents is 1. The van der Waals surface area contributed by atoms with Crippen molar-refractivity contribution in [2.24, 2.45) is 0 Å². The second-order valence-electron chi connectivity index (χ2n) is 4.20. The molecule has 2 aromatic rings. The molecule has 22 heavy (non-hydrogen) atoms. The molecule has 0 saturated carbocycles. The molecule has 0 unspecified atom stereocenters. The van der Waals surface area contributed by atoms with Gasteiger partial charge >= 0.3 is 0 Å². The topological polar surface area (TPSA) is 69.4 Å². The molecule has 0 aliphatic rings. The number of halogens is 1. The summed E-state index contributed by atoms with van der Waals surface area (Å²) in [4.78, 5) is 21.1. The predicted octanol–water partition coefficient (Wildman–Crippen LogP) is 3.60. The third kappa shape index (κ3) is 4.17. The van der Waals surface area contributed by atoms with E-state index in [1.807, 2.05) is 0 Å². The van der Waals surface area contributed by atoms with E-state index in [9.17, 15) is 14.9 Å². The average molecular weight is 360 g/mol. The van der Waals surface area contributed by atoms with E-state index in [1.54, 1.807) is 30.3 Å². The van der Waals surface area contributed by atoms with Crippen LogP contribution in [0, 0.1) is 22.0 Å². The SMILES string of the molecule is O=Cc1cc(Br)ccc1OCC#Cc1cccc([N+](=O)[O-])c1. The van der Waals surface area contributed by atoms with Crippen LogP contribution < -0.4 is 4.74 Å². The monoisotopic (exact) mass is 359 g/mol. The van der Waals surface area contributed by atoms with E-state index >= 15 is 0 Å². The Labute approximate surface area is 135 Å². The average Bonchev–Trinajstić information content (AvgIpc) is 2.52. The smallest absolute Gasteiger partial charge is 0.270 e. The molecule has 0 radical (unpaired) electrons. The summed E-state index contributed by atoms with van der Waals surface area (Å²) in [6.45, 7) is 0.0746. The summed E-state index contributed by atoms with van der Waals surface area (Å²) in [5.74, 6) is 5.98. The minimum Gasteiger partial charge on any atom is -0.480 e. The highest BCUT2D eigenvalue weighted by atomic mass is 79.9. The zero-order valence-corrected chi connectivity index (χ0v) is 12.9. The van der Waals surface area contributed by atoms with E-state index in [-0.39, 0.29) is 12.3 Å². The Morgan fingerprint density at radius 3 is 2.82 bits per heavy atom. The van der Waals surface area contributed by atoms with Gasteiger partial charge in [-0.15, -0.1) is 0 Å². The third-order valence-electron chi connectivity index (χ3n) is 2.69. The summed E-state index contributed by atoms with van der Waals surface area (Å²) >= 11 is 3.27. The summed E-state index contributed by atoms with van der Waals surface area (Å²) < 4.78 is 6.20. The molecule has 0 N–H and O–H groups in total. The highest BCUT2D eigenvalue weighted by molar-refractivity contribution is 9.10. The van der Waals surface area contributed by atoms with Gasteiger partial charge in [0.1, 0.15) is 12.4 Å². The Morgan fingerprint density at radius 1 is 1.27 bits per heavy atom. The first-order chi connectivity index (χ1) is 10.6. The minimum atomic E-state index is -0.472. The lowest BCUT2D eigenvalue weighted by Gasteiger charge is -2.05. The number of aldehydes is 1. The fourth-order valence-corrected chi connectivity index (χ4v) is 2.07. The highest BCUT2D eigenvalue weighted by Gasteiger charge is 2.04. The molecule has 0 fully saturated rings. The lowest BCUT2D eigenvalue weighted by molar-refractivity contribution is -0.384. The Morgan fingerprint density at radius 2 is 2.09 bits per heavy atom. The van der Waals surface area contributed by atoms with Crippen LogP contribution in [0.15, 0.2) is 46.9 Å². The van der Waals surface area contributed by atoms with Crippen LogP contribution in [-0.2, 0) is 0 Å². The van der Waals surface area contributed by atoms with Gasteiger partial charge in [-0.2, -0.15) is 0 Å². The van der Waals surface area contributed by atoms with Gasteiger partial charge in [0.15, 0.2) is 6.29 Å². The van der Waals surface area contributed by atoms with Gasteiger partial charge in [0.25, 0.3) is 5.69 Å². The summed E-state index contributed by atoms with van der Waals surface area (Å²) in [5.41, 5.74) is 0.944. The number of nitro benzene ring substituents is 1. The summed E-state index contributed by atoms with van der Waals surface area (Å²) in [6, 6.07) is 11.1. The minimum absolute atomic E-state index is 0.0103. The molecule has 0 atom stereocenters. The summed E-state index contributed by atoms with van der Waals surface area (Å²) in [6.07, 6.45) is 0.702. The lowest BCUT2D eigenvalue weighted by atomic mass is 10.2. The number of nitro groups is 1. The molecule has 0 heterocycles. The number of carbonyl (C=O) groups is 1. The zero-order chi connectivity index (χ0) is 15.9. The van der Waals surface area contributed by atoms with Crippen molar-refractivity contribution < 1.29 is 14.5 Å². The van der Waals surface area contributed by atoms with Gasteiger partial charge in [-0.05, 0) is 24.3 Å². The van der Waals surface area contributed by atoms with Gasteiger partial charge in [0.05, 0.1) is 10.5 Å². The van der Waals surface area contributed by atoms with Crippen molar-refractivity contribution in [1.82, 2.24) is 0 Å². The number of hydrogen-bond acceptors (Lipinski definition) is 4. The number of benzene rings is 2. The number of ether oxygens (including phenoxy) is 1. The van der Waals surface area contributed by atoms with E-state index in [4.69, 9.17) is 4.74 Å². The molecule has 5 nitrogen and oxygen atoms in total. The van der Waals surface area contributed by atoms with E-state index in [1.165, 1.54) is 12.1 Å². The van der Waals surface area contributed by atoms with Gasteiger partial charge in [-0.1, -0.05) is 33.8 Å². The van der Waals surface area contributed by atoms with Crippen LogP contribution in [0.1, 0.15) is 15.9 Å². The maximum atomic E-state index is 10.9. The molecule has 110 valence electrons. The van der Waals surface area contributed by atoms with Crippen molar-refractivity contribution >= 4 is 27.9 Å². The van der Waals surface area contributed by atoms with Crippen molar-refractivity contribution in [1.29, 1.82) is 0 Å². The van der Waals surface area contributed by atoms with Crippen LogP contribution in [0.5, 0.6) is 5.75 Å². The molecule has 0 aliphatic carbocycles. The summed E-state index contributed by atoms with van der Waals surface area (Å²) in [7, 11) is 0. The van der Waals surface area contributed by atoms with Crippen molar-refractivity contribution in [3.05, 3.63) is 68.2 Å². The summed E-state index contributed by atoms with van der Waals surface area (Å²) in [5, 5.41) is 10.7. The molecule has 2 aromatic carbocycles. The fraction of sp³-hybridized carbons (Fsp3) is 0.0625. The number of nitrogens with zero attached hydrogens (tertiary/aromatic N) is 1. The molecule has 0 spiro atoms. The molecule has 0 saturated heterocycles. The molecule has 6 heteroatoms. The maximum Gasteiger partial charge on any atom is 0.270 e. The quantitative estimate of drug-likeness (QED) is 0.362. The van der Waals surface area contributed by atoms with Crippen molar-refractivity contribution in [2.45, 2.75) is 0 Å². The van der Waals surface area contributed by atoms with Gasteiger partial charge in [-0.3, -0.25) is 14.9 Å². The Balaban J connectivity index is 2.04. The van der Waals surface area contributed by atoms with Crippen LogP contribution in [0.4, 0.5) is 5.69 Å². The van der Waals surface area contributed by atoms with E-state index in [0.29, 0.717) is 23.2 Å². The van der Waals surface area contributed by atoms with E-state index in [0.717, 1.165) is 4.47 Å². The number of rotatable bonds is 4. The largest absolute Gasteiger partial charge is 0.480 e. The third-order valence-corrected chi connectivity index (χ3v) is 3.18. The normalized spacial score (nSPS) is 9.50. The fourth-order valence-electron chi connectivity index (χ4n) is 1.69. The Hall–Kier alpha value is -2.65. The van der Waals surface area contributed by atoms with Crippen LogP contribution in [0.3, 0.4) is 0 Å². The number of hydrogen-bond donors (Lipinski definition) is 0. The van der Waals surface area contributed by atoms with Gasteiger partial charge in [0, 0.05) is 22.2 Å². The second-order valence-corrected chi connectivity index (χ2v) is 5.11. The Bertz CT molecular complexity index is 777. The molecular formula is C16H10BrNO4. The van der Waals surface area contributed by atoms with Crippen LogP contribution in [0.2, 0.25) is 0 Å². The molecule has 0 amide bonds. The molecule has 0 aliphatic heterocycles. The predicted molar refractivity (Wildman–Crippen MR) is 85.0 cm³/mol. The zero-order valence-electron chi connectivity index (χ0n) is 11.3. The van der Waals surface area contributed by atoms with Crippen LogP contribution in [0.25, 0.3) is 0 Å². The second kappa shape index (κ2) is 7.38. The van der Waals surface area contributed by atoms with Gasteiger partial charge < -0.3 is 4.74 Å². The molecule has 0 bridgehead atoms. The first kappa shape index (κ1) is 15.7. The van der Waals surface area contributed by atoms with Gasteiger partial charge in [-0.25, -0.2) is 0 Å². The number of carbonyl (C=O) groups excluding carboxylic acids is 1. The maximum absolute atomic E-state index is 10.9. The van der Waals surface area contributed by atoms with Crippen LogP contribution >= 0.6 is 15.9 Å². The van der Waals surface area contributed by atoms with E-state index in [2.05, 4.69) is 27.8 Å².